The second-order valence-corrected chi connectivity index (χ2v) is 6.01. The number of anilines is 1. The fraction of sp³-hybridized carbons (Fsp3) is 0.333. The van der Waals surface area contributed by atoms with Crippen molar-refractivity contribution in [3.63, 3.8) is 0 Å². The topological polar surface area (TPSA) is 15.3 Å². The highest BCUT2D eigenvalue weighted by Gasteiger charge is 2.51. The largest absolute Gasteiger partial charge is 0.368 e. The standard InChI is InChI=1S/C18H20N2/c1-20-13-7-12-18(14-8-3-2-4-9-14)15-10-5-6-11-16(15)19-17(18)20/h2-6,8-11,17,19H,7,12-13H2,1H3. The van der Waals surface area contributed by atoms with Gasteiger partial charge in [-0.3, -0.25) is 4.90 Å². The number of nitrogens with one attached hydrogen (secondary N) is 1. The van der Waals surface area contributed by atoms with Gasteiger partial charge in [-0.25, -0.2) is 0 Å². The molecule has 0 aliphatic carbocycles. The van der Waals surface area contributed by atoms with Crippen molar-refractivity contribution in [3.8, 4) is 0 Å². The van der Waals surface area contributed by atoms with Crippen molar-refractivity contribution in [1.29, 1.82) is 0 Å². The fourth-order valence-corrected chi connectivity index (χ4v) is 4.10. The summed E-state index contributed by atoms with van der Waals surface area (Å²) in [6, 6.07) is 19.8. The van der Waals surface area contributed by atoms with Crippen molar-refractivity contribution in [3.05, 3.63) is 65.7 Å². The Morgan fingerprint density at radius 1 is 1.05 bits per heavy atom. The highest BCUT2D eigenvalue weighted by atomic mass is 15.3. The SMILES string of the molecule is CN1CCCC2(c3ccccc3)c3ccccc3NC12. The molecule has 2 aromatic rings. The number of piperidine rings is 1. The lowest BCUT2D eigenvalue weighted by molar-refractivity contribution is 0.144. The van der Waals surface area contributed by atoms with Crippen molar-refractivity contribution < 1.29 is 0 Å². The molecular weight excluding hydrogens is 244 g/mol. The van der Waals surface area contributed by atoms with E-state index < -0.39 is 0 Å². The number of fused-ring (bicyclic) bond motifs is 3. The highest BCUT2D eigenvalue weighted by Crippen LogP contribution is 2.51. The molecule has 2 aromatic carbocycles. The van der Waals surface area contributed by atoms with Gasteiger partial charge < -0.3 is 5.32 Å². The molecule has 2 aliphatic heterocycles. The van der Waals surface area contributed by atoms with E-state index in [0.29, 0.717) is 6.17 Å². The zero-order valence-electron chi connectivity index (χ0n) is 11.8. The van der Waals surface area contributed by atoms with Crippen molar-refractivity contribution in [2.24, 2.45) is 0 Å². The van der Waals surface area contributed by atoms with Gasteiger partial charge in [-0.2, -0.15) is 0 Å². The van der Waals surface area contributed by atoms with E-state index in [9.17, 15) is 0 Å². The van der Waals surface area contributed by atoms with Crippen LogP contribution in [0, 0.1) is 0 Å². The van der Waals surface area contributed by atoms with Crippen molar-refractivity contribution in [2.45, 2.75) is 24.4 Å². The van der Waals surface area contributed by atoms with E-state index in [-0.39, 0.29) is 5.41 Å². The summed E-state index contributed by atoms with van der Waals surface area (Å²) in [5, 5.41) is 3.75. The fourth-order valence-electron chi connectivity index (χ4n) is 4.10. The summed E-state index contributed by atoms with van der Waals surface area (Å²) in [7, 11) is 2.24. The average molecular weight is 264 g/mol. The Hall–Kier alpha value is -1.80. The van der Waals surface area contributed by atoms with Crippen LogP contribution in [0.3, 0.4) is 0 Å². The van der Waals surface area contributed by atoms with E-state index in [0.717, 1.165) is 0 Å². The molecule has 2 aliphatic rings. The molecule has 102 valence electrons. The molecule has 2 heterocycles. The van der Waals surface area contributed by atoms with Gasteiger partial charge in [0.05, 0.1) is 11.6 Å². The molecule has 2 atom stereocenters. The predicted octanol–water partition coefficient (Wildman–Crippen LogP) is 3.45. The van der Waals surface area contributed by atoms with Crippen molar-refractivity contribution in [1.82, 2.24) is 4.90 Å². The lowest BCUT2D eigenvalue weighted by Gasteiger charge is -2.45. The van der Waals surface area contributed by atoms with Crippen LogP contribution in [0.25, 0.3) is 0 Å². The Balaban J connectivity index is 1.96. The zero-order chi connectivity index (χ0) is 13.6. The molecule has 0 radical (unpaired) electrons. The number of benzene rings is 2. The van der Waals surface area contributed by atoms with Crippen molar-refractivity contribution in [2.75, 3.05) is 18.9 Å². The Kier molecular flexibility index (Phi) is 2.61. The first-order valence-corrected chi connectivity index (χ1v) is 7.44. The van der Waals surface area contributed by atoms with Crippen LogP contribution in [0.4, 0.5) is 5.69 Å². The molecule has 0 saturated carbocycles. The lowest BCUT2D eigenvalue weighted by Crippen LogP contribution is -2.54. The van der Waals surface area contributed by atoms with Crippen LogP contribution in [-0.4, -0.2) is 24.7 Å². The molecule has 0 aromatic heterocycles. The molecule has 0 amide bonds. The minimum Gasteiger partial charge on any atom is -0.368 e. The van der Waals surface area contributed by atoms with E-state index in [4.69, 9.17) is 0 Å². The Bertz CT molecular complexity index is 622. The number of nitrogens with zero attached hydrogens (tertiary/aromatic N) is 1. The molecule has 0 spiro atoms. The van der Waals surface area contributed by atoms with Crippen LogP contribution in [-0.2, 0) is 5.41 Å². The minimum atomic E-state index is 0.102. The third kappa shape index (κ3) is 1.49. The number of rotatable bonds is 1. The number of likely N-dealkylation sites (tertiary alicyclic amines) is 1. The lowest BCUT2D eigenvalue weighted by atomic mass is 9.68. The van der Waals surface area contributed by atoms with E-state index >= 15 is 0 Å². The molecule has 2 heteroatoms. The molecule has 1 fully saturated rings. The summed E-state index contributed by atoms with van der Waals surface area (Å²) in [4.78, 5) is 2.47. The highest BCUT2D eigenvalue weighted by molar-refractivity contribution is 5.66. The smallest absolute Gasteiger partial charge is 0.0932 e. The van der Waals surface area contributed by atoms with Crippen LogP contribution in [0.15, 0.2) is 54.6 Å². The maximum atomic E-state index is 3.75. The molecule has 0 bridgehead atoms. The predicted molar refractivity (Wildman–Crippen MR) is 82.9 cm³/mol. The molecule has 20 heavy (non-hydrogen) atoms. The van der Waals surface area contributed by atoms with E-state index in [1.54, 1.807) is 0 Å². The summed E-state index contributed by atoms with van der Waals surface area (Å²) < 4.78 is 0. The molecule has 2 unspecified atom stereocenters. The van der Waals surface area contributed by atoms with Crippen LogP contribution < -0.4 is 5.32 Å². The van der Waals surface area contributed by atoms with Gasteiger partial charge in [0, 0.05) is 5.69 Å². The minimum absolute atomic E-state index is 0.102. The van der Waals surface area contributed by atoms with Gasteiger partial charge >= 0.3 is 0 Å². The van der Waals surface area contributed by atoms with Gasteiger partial charge in [0.25, 0.3) is 0 Å². The first-order valence-electron chi connectivity index (χ1n) is 7.44. The molecule has 2 nitrogen and oxygen atoms in total. The van der Waals surface area contributed by atoms with E-state index in [1.165, 1.54) is 36.2 Å². The summed E-state index contributed by atoms with van der Waals surface area (Å²) >= 11 is 0. The summed E-state index contributed by atoms with van der Waals surface area (Å²) in [6.07, 6.45) is 2.84. The molecule has 4 rings (SSSR count). The maximum Gasteiger partial charge on any atom is 0.0932 e. The normalized spacial score (nSPS) is 28.6. The zero-order valence-corrected chi connectivity index (χ0v) is 11.8. The van der Waals surface area contributed by atoms with Gasteiger partial charge in [-0.1, -0.05) is 48.5 Å². The van der Waals surface area contributed by atoms with Crippen LogP contribution in [0.2, 0.25) is 0 Å². The van der Waals surface area contributed by atoms with Crippen LogP contribution in [0.5, 0.6) is 0 Å². The quantitative estimate of drug-likeness (QED) is 0.848. The number of likely N-dealkylation sites (N-methyl/N-ethyl adjacent to an activating group) is 1. The molecular formula is C18H20N2. The van der Waals surface area contributed by atoms with Gasteiger partial charge in [0.15, 0.2) is 0 Å². The first kappa shape index (κ1) is 12.0. The van der Waals surface area contributed by atoms with Gasteiger partial charge in [0.1, 0.15) is 0 Å². The number of hydrogen-bond donors (Lipinski definition) is 1. The Morgan fingerprint density at radius 2 is 1.80 bits per heavy atom. The Labute approximate surface area is 120 Å². The van der Waals surface area contributed by atoms with Crippen molar-refractivity contribution >= 4 is 5.69 Å². The maximum absolute atomic E-state index is 3.75. The van der Waals surface area contributed by atoms with E-state index in [1.807, 2.05) is 0 Å². The van der Waals surface area contributed by atoms with Gasteiger partial charge in [-0.15, -0.1) is 0 Å². The summed E-state index contributed by atoms with van der Waals surface area (Å²) in [5.41, 5.74) is 4.30. The Morgan fingerprint density at radius 3 is 2.65 bits per heavy atom. The second kappa shape index (κ2) is 4.35. The van der Waals surface area contributed by atoms with Crippen LogP contribution in [0.1, 0.15) is 24.0 Å². The monoisotopic (exact) mass is 264 g/mol. The van der Waals surface area contributed by atoms with E-state index in [2.05, 4.69) is 71.9 Å². The third-order valence-corrected chi connectivity index (χ3v) is 4.98. The summed E-state index contributed by atoms with van der Waals surface area (Å²) in [5.74, 6) is 0. The van der Waals surface area contributed by atoms with Crippen LogP contribution >= 0.6 is 0 Å². The third-order valence-electron chi connectivity index (χ3n) is 4.98. The number of hydrogen-bond acceptors (Lipinski definition) is 2. The second-order valence-electron chi connectivity index (χ2n) is 6.01. The summed E-state index contributed by atoms with van der Waals surface area (Å²) in [6.45, 7) is 1.17. The number of para-hydroxylation sites is 1. The molecule has 1 saturated heterocycles. The molecule has 1 N–H and O–H groups in total. The first-order chi connectivity index (χ1) is 9.82. The van der Waals surface area contributed by atoms with Gasteiger partial charge in [-0.05, 0) is 43.6 Å². The average Bonchev–Trinajstić information content (AvgIpc) is 2.86. The van der Waals surface area contributed by atoms with Gasteiger partial charge in [0.2, 0.25) is 0 Å².